The maximum absolute atomic E-state index is 6.21. The van der Waals surface area contributed by atoms with Crippen LogP contribution in [0.15, 0.2) is 59.6 Å². The zero-order valence-electron chi connectivity index (χ0n) is 17.0. The van der Waals surface area contributed by atoms with Crippen LogP contribution in [0.5, 0.6) is 0 Å². The maximum atomic E-state index is 6.21. The van der Waals surface area contributed by atoms with Gasteiger partial charge in [0.1, 0.15) is 18.2 Å². The molecule has 30 heavy (non-hydrogen) atoms. The summed E-state index contributed by atoms with van der Waals surface area (Å²) in [5.74, 6) is 1.01. The topological polar surface area (TPSA) is 40.5 Å². The number of hydrogen-bond donors (Lipinski definition) is 0. The molecule has 0 aromatic heterocycles. The van der Waals surface area contributed by atoms with Crippen LogP contribution in [0.4, 0.5) is 5.69 Å². The molecule has 3 aliphatic rings. The zero-order chi connectivity index (χ0) is 20.3. The summed E-state index contributed by atoms with van der Waals surface area (Å²) < 4.78 is 11.3. The monoisotopic (exact) mass is 426 g/mol. The normalized spacial score (nSPS) is 26.0. The largest absolute Gasteiger partial charge is 0.379 e. The molecule has 6 nitrogen and oxygen atoms in total. The Kier molecular flexibility index (Phi) is 6.02. The van der Waals surface area contributed by atoms with E-state index in [4.69, 9.17) is 26.1 Å². The molecule has 0 aliphatic carbocycles. The standard InChI is InChI=1S/C23H27ClN4O2/c24-19-6-8-20(9-7-19)28-21(18-4-2-1-3-5-18)25-22(26-10-14-29-15-11-26)23(28)27-12-16-30-17-13-27/h1-9,22-23H,10-17H2/t22-,23-/m0/s1. The molecule has 0 radical (unpaired) electrons. The van der Waals surface area contributed by atoms with Crippen molar-refractivity contribution >= 4 is 23.1 Å². The Morgan fingerprint density at radius 2 is 1.37 bits per heavy atom. The van der Waals surface area contributed by atoms with E-state index in [0.717, 1.165) is 74.7 Å². The first-order valence-corrected chi connectivity index (χ1v) is 11.0. The molecule has 0 amide bonds. The predicted molar refractivity (Wildman–Crippen MR) is 119 cm³/mol. The molecule has 2 aromatic carbocycles. The zero-order valence-corrected chi connectivity index (χ0v) is 17.7. The van der Waals surface area contributed by atoms with Gasteiger partial charge in [-0.1, -0.05) is 41.9 Å². The molecule has 5 rings (SSSR count). The number of nitrogens with zero attached hydrogens (tertiary/aromatic N) is 4. The Balaban J connectivity index is 1.59. The Morgan fingerprint density at radius 3 is 2.00 bits per heavy atom. The summed E-state index contributed by atoms with van der Waals surface area (Å²) in [6.45, 7) is 6.59. The van der Waals surface area contributed by atoms with Crippen LogP contribution in [0.25, 0.3) is 0 Å². The highest BCUT2D eigenvalue weighted by Gasteiger charge is 2.44. The van der Waals surface area contributed by atoms with Crippen LogP contribution >= 0.6 is 11.6 Å². The Morgan fingerprint density at radius 1 is 0.767 bits per heavy atom. The van der Waals surface area contributed by atoms with Crippen molar-refractivity contribution in [2.45, 2.75) is 12.3 Å². The fraction of sp³-hybridized carbons (Fsp3) is 0.435. The van der Waals surface area contributed by atoms with Crippen LogP contribution in [-0.4, -0.2) is 80.6 Å². The summed E-state index contributed by atoms with van der Waals surface area (Å²) in [7, 11) is 0. The van der Waals surface area contributed by atoms with Crippen LogP contribution in [0.3, 0.4) is 0 Å². The van der Waals surface area contributed by atoms with Crippen molar-refractivity contribution in [3.63, 3.8) is 0 Å². The molecule has 2 saturated heterocycles. The van der Waals surface area contributed by atoms with E-state index in [1.807, 2.05) is 18.2 Å². The van der Waals surface area contributed by atoms with Gasteiger partial charge < -0.3 is 14.4 Å². The van der Waals surface area contributed by atoms with E-state index in [1.54, 1.807) is 0 Å². The minimum atomic E-state index is 0.0397. The number of rotatable bonds is 4. The number of halogens is 1. The van der Waals surface area contributed by atoms with Gasteiger partial charge >= 0.3 is 0 Å². The van der Waals surface area contributed by atoms with E-state index in [1.165, 1.54) is 0 Å². The molecular formula is C23H27ClN4O2. The van der Waals surface area contributed by atoms with Gasteiger partial charge in [0, 0.05) is 42.5 Å². The Labute approximate surface area is 182 Å². The lowest BCUT2D eigenvalue weighted by atomic mass is 10.1. The first kappa shape index (κ1) is 20.0. The van der Waals surface area contributed by atoms with Gasteiger partial charge in [-0.25, -0.2) is 4.99 Å². The molecule has 0 N–H and O–H groups in total. The van der Waals surface area contributed by atoms with Gasteiger partial charge in [0.2, 0.25) is 0 Å². The second-order valence-electron chi connectivity index (χ2n) is 7.79. The molecule has 3 heterocycles. The third-order valence-corrected chi connectivity index (χ3v) is 6.24. The highest BCUT2D eigenvalue weighted by Crippen LogP contribution is 2.33. The van der Waals surface area contributed by atoms with Gasteiger partial charge in [0.25, 0.3) is 0 Å². The molecule has 158 valence electrons. The van der Waals surface area contributed by atoms with Crippen molar-refractivity contribution in [2.24, 2.45) is 4.99 Å². The maximum Gasteiger partial charge on any atom is 0.139 e. The van der Waals surface area contributed by atoms with Crippen LogP contribution in [0.2, 0.25) is 5.02 Å². The Hall–Kier alpha value is -1.96. The molecule has 0 spiro atoms. The van der Waals surface area contributed by atoms with Crippen molar-refractivity contribution in [1.29, 1.82) is 0 Å². The molecule has 2 atom stereocenters. The molecule has 0 bridgehead atoms. The average Bonchev–Trinajstić information content (AvgIpc) is 3.22. The predicted octanol–water partition coefficient (Wildman–Crippen LogP) is 2.92. The molecule has 2 fully saturated rings. The average molecular weight is 427 g/mol. The van der Waals surface area contributed by atoms with Gasteiger partial charge in [0.05, 0.1) is 26.4 Å². The summed E-state index contributed by atoms with van der Waals surface area (Å²) in [5.41, 5.74) is 2.23. The summed E-state index contributed by atoms with van der Waals surface area (Å²) in [5, 5.41) is 0.740. The van der Waals surface area contributed by atoms with Crippen molar-refractivity contribution in [3.8, 4) is 0 Å². The lowest BCUT2D eigenvalue weighted by Gasteiger charge is -2.43. The van der Waals surface area contributed by atoms with Gasteiger partial charge in [-0.15, -0.1) is 0 Å². The minimum absolute atomic E-state index is 0.0397. The second kappa shape index (κ2) is 9.04. The summed E-state index contributed by atoms with van der Waals surface area (Å²) in [6.07, 6.45) is 0.140. The molecule has 7 heteroatoms. The smallest absolute Gasteiger partial charge is 0.139 e. The SMILES string of the molecule is Clc1ccc(N2C(c3ccccc3)=N[C@@H](N3CCOCC3)[C@H]2N2CCOCC2)cc1. The lowest BCUT2D eigenvalue weighted by Crippen LogP contribution is -2.60. The third kappa shape index (κ3) is 3.98. The summed E-state index contributed by atoms with van der Waals surface area (Å²) in [4.78, 5) is 12.7. The van der Waals surface area contributed by atoms with E-state index in [9.17, 15) is 0 Å². The van der Waals surface area contributed by atoms with Crippen molar-refractivity contribution in [1.82, 2.24) is 9.80 Å². The highest BCUT2D eigenvalue weighted by molar-refractivity contribution is 6.30. The number of anilines is 1. The molecule has 0 unspecified atom stereocenters. The minimum Gasteiger partial charge on any atom is -0.379 e. The fourth-order valence-electron chi connectivity index (χ4n) is 4.50. The number of benzene rings is 2. The van der Waals surface area contributed by atoms with Crippen molar-refractivity contribution < 1.29 is 9.47 Å². The second-order valence-corrected chi connectivity index (χ2v) is 8.23. The molecule has 0 saturated carbocycles. The van der Waals surface area contributed by atoms with E-state index in [2.05, 4.69) is 51.1 Å². The van der Waals surface area contributed by atoms with Crippen LogP contribution in [0, 0.1) is 0 Å². The number of hydrogen-bond acceptors (Lipinski definition) is 6. The molecule has 2 aromatic rings. The van der Waals surface area contributed by atoms with Gasteiger partial charge in [-0.2, -0.15) is 0 Å². The van der Waals surface area contributed by atoms with E-state index in [-0.39, 0.29) is 12.3 Å². The Bertz CT molecular complexity index is 865. The van der Waals surface area contributed by atoms with Crippen LogP contribution in [0.1, 0.15) is 5.56 Å². The molecule has 3 aliphatic heterocycles. The van der Waals surface area contributed by atoms with E-state index in [0.29, 0.717) is 0 Å². The van der Waals surface area contributed by atoms with E-state index >= 15 is 0 Å². The van der Waals surface area contributed by atoms with E-state index < -0.39 is 0 Å². The summed E-state index contributed by atoms with van der Waals surface area (Å²) in [6, 6.07) is 18.6. The number of ether oxygens (including phenoxy) is 2. The first-order valence-electron chi connectivity index (χ1n) is 10.6. The van der Waals surface area contributed by atoms with Crippen LogP contribution in [-0.2, 0) is 9.47 Å². The summed E-state index contributed by atoms with van der Waals surface area (Å²) >= 11 is 6.21. The van der Waals surface area contributed by atoms with Crippen molar-refractivity contribution in [3.05, 3.63) is 65.2 Å². The fourth-order valence-corrected chi connectivity index (χ4v) is 4.62. The molecular weight excluding hydrogens is 400 g/mol. The van der Waals surface area contributed by atoms with Gasteiger partial charge in [0.15, 0.2) is 0 Å². The highest BCUT2D eigenvalue weighted by atomic mass is 35.5. The van der Waals surface area contributed by atoms with Gasteiger partial charge in [-0.3, -0.25) is 9.80 Å². The number of aliphatic imine (C=N–C) groups is 1. The van der Waals surface area contributed by atoms with Crippen molar-refractivity contribution in [2.75, 3.05) is 57.5 Å². The lowest BCUT2D eigenvalue weighted by molar-refractivity contribution is -0.0273. The quantitative estimate of drug-likeness (QED) is 0.751. The third-order valence-electron chi connectivity index (χ3n) is 5.99. The van der Waals surface area contributed by atoms with Gasteiger partial charge in [-0.05, 0) is 24.3 Å². The number of morpholine rings is 2. The van der Waals surface area contributed by atoms with Crippen LogP contribution < -0.4 is 4.90 Å². The number of amidine groups is 1. The first-order chi connectivity index (χ1) is 14.8.